The third-order valence-corrected chi connectivity index (χ3v) is 10.5. The van der Waals surface area contributed by atoms with Crippen LogP contribution >= 0.6 is 0 Å². The first-order chi connectivity index (χ1) is 22.7. The number of amidine groups is 1. The molecule has 246 valence electrons. The van der Waals surface area contributed by atoms with E-state index < -0.39 is 0 Å². The third-order valence-electron chi connectivity index (χ3n) is 10.5. The van der Waals surface area contributed by atoms with Crippen molar-refractivity contribution in [1.29, 1.82) is 0 Å². The number of hydrogen-bond donors (Lipinski definition) is 1. The van der Waals surface area contributed by atoms with Gasteiger partial charge in [-0.05, 0) is 115 Å². The molecule has 0 radical (unpaired) electrons. The molecule has 0 saturated carbocycles. The lowest BCUT2D eigenvalue weighted by molar-refractivity contribution is 0.270. The van der Waals surface area contributed by atoms with E-state index in [2.05, 4.69) is 114 Å². The number of anilines is 1. The quantitative estimate of drug-likeness (QED) is 0.212. The molecular formula is C42H46N4O2. The summed E-state index contributed by atoms with van der Waals surface area (Å²) in [6.07, 6.45) is 3.60. The number of ether oxygens (including phenoxy) is 1. The molecule has 1 aromatic heterocycles. The maximum absolute atomic E-state index is 10.9. The van der Waals surface area contributed by atoms with E-state index in [9.17, 15) is 5.11 Å². The first kappa shape index (κ1) is 31.9. The summed E-state index contributed by atoms with van der Waals surface area (Å²) in [6, 6.07) is 23.5. The van der Waals surface area contributed by atoms with Gasteiger partial charge in [0.05, 0.1) is 12.1 Å². The Morgan fingerprint density at radius 3 is 2.29 bits per heavy atom. The van der Waals surface area contributed by atoms with E-state index in [1.165, 1.54) is 39.1 Å². The number of rotatable bonds is 4. The van der Waals surface area contributed by atoms with E-state index >= 15 is 0 Å². The Kier molecular flexibility index (Phi) is 7.61. The SMILES string of the molecule is Cc1cc(C)c(C)c(N2C(c3cccc(Oc4ncc5cc(C(C)(C)C)cc(O)c5n4)c3)=N[C@H]3Cc4ccccc4CC(C)(C)[C@@H]32)c1C. The molecule has 0 unspecified atom stereocenters. The molecule has 1 aliphatic carbocycles. The molecule has 0 bridgehead atoms. The van der Waals surface area contributed by atoms with Crippen LogP contribution in [-0.4, -0.2) is 33.0 Å². The Balaban J connectivity index is 1.32. The second-order valence-electron chi connectivity index (χ2n) is 15.5. The van der Waals surface area contributed by atoms with E-state index in [4.69, 9.17) is 9.73 Å². The average molecular weight is 639 g/mol. The minimum absolute atomic E-state index is 0.0546. The largest absolute Gasteiger partial charge is 0.506 e. The minimum Gasteiger partial charge on any atom is -0.506 e. The summed E-state index contributed by atoms with van der Waals surface area (Å²) in [6.45, 7) is 20.1. The smallest absolute Gasteiger partial charge is 0.322 e. The van der Waals surface area contributed by atoms with Gasteiger partial charge >= 0.3 is 6.01 Å². The minimum atomic E-state index is -0.110. The van der Waals surface area contributed by atoms with Crippen LogP contribution in [-0.2, 0) is 18.3 Å². The predicted molar refractivity (Wildman–Crippen MR) is 196 cm³/mol. The molecule has 6 nitrogen and oxygen atoms in total. The van der Waals surface area contributed by atoms with Crippen LogP contribution < -0.4 is 9.64 Å². The van der Waals surface area contributed by atoms with Crippen molar-refractivity contribution in [1.82, 2.24) is 9.97 Å². The van der Waals surface area contributed by atoms with E-state index in [1.807, 2.05) is 24.3 Å². The Morgan fingerprint density at radius 1 is 0.875 bits per heavy atom. The Hall–Kier alpha value is -4.71. The second kappa shape index (κ2) is 11.5. The maximum Gasteiger partial charge on any atom is 0.322 e. The Bertz CT molecular complexity index is 2080. The van der Waals surface area contributed by atoms with Crippen LogP contribution in [0.25, 0.3) is 10.9 Å². The van der Waals surface area contributed by atoms with Gasteiger partial charge in [-0.2, -0.15) is 4.98 Å². The number of benzene rings is 4. The van der Waals surface area contributed by atoms with Gasteiger partial charge < -0.3 is 14.7 Å². The van der Waals surface area contributed by atoms with Gasteiger partial charge in [-0.3, -0.25) is 4.99 Å². The lowest BCUT2D eigenvalue weighted by Gasteiger charge is -2.42. The standard InChI is InChI=1S/C42H46N4O2/c1-24-17-25(2)27(4)37(26(24)3)46-38-34(20-28-13-10-11-14-30(28)22-42(38,8)9)44-39(46)29-15-12-16-33(19-29)48-40-43-23-31-18-32(41(5,6)7)21-35(47)36(31)45-40/h10-19,21,23,34,38,47H,20,22H2,1-9H3/t34-,38+/m0/s1. The van der Waals surface area contributed by atoms with Crippen LogP contribution in [0.3, 0.4) is 0 Å². The zero-order chi connectivity index (χ0) is 34.1. The predicted octanol–water partition coefficient (Wildman–Crippen LogP) is 9.49. The zero-order valence-corrected chi connectivity index (χ0v) is 29.6. The Morgan fingerprint density at radius 2 is 1.58 bits per heavy atom. The highest BCUT2D eigenvalue weighted by molar-refractivity contribution is 6.13. The molecule has 4 aromatic carbocycles. The summed E-state index contributed by atoms with van der Waals surface area (Å²) in [5.41, 5.74) is 11.5. The normalized spacial score (nSPS) is 18.7. The molecule has 0 saturated heterocycles. The number of aromatic hydroxyl groups is 1. The van der Waals surface area contributed by atoms with Gasteiger partial charge in [0.2, 0.25) is 0 Å². The third kappa shape index (κ3) is 5.51. The highest BCUT2D eigenvalue weighted by atomic mass is 16.5. The lowest BCUT2D eigenvalue weighted by Crippen LogP contribution is -2.50. The van der Waals surface area contributed by atoms with Gasteiger partial charge in [0, 0.05) is 22.8 Å². The molecule has 2 atom stereocenters. The van der Waals surface area contributed by atoms with Crippen molar-refractivity contribution >= 4 is 22.4 Å². The highest BCUT2D eigenvalue weighted by Gasteiger charge is 2.49. The number of phenolic OH excluding ortho intramolecular Hbond substituents is 1. The van der Waals surface area contributed by atoms with Crippen molar-refractivity contribution in [3.63, 3.8) is 0 Å². The zero-order valence-electron chi connectivity index (χ0n) is 29.6. The van der Waals surface area contributed by atoms with Crippen molar-refractivity contribution < 1.29 is 9.84 Å². The summed E-state index contributed by atoms with van der Waals surface area (Å²) >= 11 is 0. The monoisotopic (exact) mass is 638 g/mol. The molecule has 0 amide bonds. The number of fused-ring (bicyclic) bond motifs is 3. The number of phenols is 1. The lowest BCUT2D eigenvalue weighted by atomic mass is 9.76. The van der Waals surface area contributed by atoms with Crippen LogP contribution in [0, 0.1) is 33.1 Å². The van der Waals surface area contributed by atoms with Gasteiger partial charge in [0.25, 0.3) is 0 Å². The number of hydrogen-bond acceptors (Lipinski definition) is 6. The van der Waals surface area contributed by atoms with E-state index in [0.29, 0.717) is 11.3 Å². The summed E-state index contributed by atoms with van der Waals surface area (Å²) in [5, 5.41) is 11.6. The summed E-state index contributed by atoms with van der Waals surface area (Å²) in [5.74, 6) is 1.70. The molecular weight excluding hydrogens is 592 g/mol. The molecule has 1 aliphatic heterocycles. The first-order valence-electron chi connectivity index (χ1n) is 17.0. The van der Waals surface area contributed by atoms with Crippen molar-refractivity contribution in [3.8, 4) is 17.5 Å². The van der Waals surface area contributed by atoms with Gasteiger partial charge in [-0.15, -0.1) is 0 Å². The topological polar surface area (TPSA) is 70.8 Å². The molecule has 6 heteroatoms. The fourth-order valence-electron chi connectivity index (χ4n) is 7.78. The average Bonchev–Trinajstić information content (AvgIpc) is 3.35. The van der Waals surface area contributed by atoms with E-state index in [0.717, 1.165) is 35.2 Å². The molecule has 1 N–H and O–H groups in total. The molecule has 48 heavy (non-hydrogen) atoms. The highest BCUT2D eigenvalue weighted by Crippen LogP contribution is 2.46. The number of aryl methyl sites for hydroxylation is 2. The van der Waals surface area contributed by atoms with E-state index in [1.54, 1.807) is 12.3 Å². The van der Waals surface area contributed by atoms with Crippen molar-refractivity contribution in [3.05, 3.63) is 117 Å². The Labute approximate surface area is 284 Å². The maximum atomic E-state index is 10.9. The van der Waals surface area contributed by atoms with Crippen molar-refractivity contribution in [2.45, 2.75) is 92.7 Å². The summed E-state index contributed by atoms with van der Waals surface area (Å²) < 4.78 is 6.29. The van der Waals surface area contributed by atoms with Gasteiger partial charge in [-0.25, -0.2) is 4.98 Å². The van der Waals surface area contributed by atoms with E-state index in [-0.39, 0.29) is 34.7 Å². The van der Waals surface area contributed by atoms with Crippen LogP contribution in [0.1, 0.15) is 79.1 Å². The number of nitrogens with zero attached hydrogens (tertiary/aromatic N) is 4. The second-order valence-corrected chi connectivity index (χ2v) is 15.5. The molecule has 0 fully saturated rings. The summed E-state index contributed by atoms with van der Waals surface area (Å²) in [7, 11) is 0. The first-order valence-corrected chi connectivity index (χ1v) is 17.0. The molecule has 0 spiro atoms. The fraction of sp³-hybridized carbons (Fsp3) is 0.357. The van der Waals surface area contributed by atoms with Crippen molar-refractivity contribution in [2.24, 2.45) is 10.4 Å². The molecule has 7 rings (SSSR count). The molecule has 5 aromatic rings. The van der Waals surface area contributed by atoms with Crippen LogP contribution in [0.15, 0.2) is 77.9 Å². The van der Waals surface area contributed by atoms with Crippen LogP contribution in [0.4, 0.5) is 5.69 Å². The summed E-state index contributed by atoms with van der Waals surface area (Å²) in [4.78, 5) is 17.3. The molecule has 2 aliphatic rings. The van der Waals surface area contributed by atoms with Gasteiger partial charge in [0.1, 0.15) is 22.9 Å². The van der Waals surface area contributed by atoms with Crippen molar-refractivity contribution in [2.75, 3.05) is 4.90 Å². The fourth-order valence-corrected chi connectivity index (χ4v) is 7.78. The van der Waals surface area contributed by atoms with Crippen LogP contribution in [0.5, 0.6) is 17.5 Å². The number of aromatic nitrogens is 2. The number of aliphatic imine (C=N–C) groups is 1. The van der Waals surface area contributed by atoms with Crippen LogP contribution in [0.2, 0.25) is 0 Å². The van der Waals surface area contributed by atoms with Gasteiger partial charge in [-0.1, -0.05) is 77.1 Å². The molecule has 2 heterocycles. The van der Waals surface area contributed by atoms with Gasteiger partial charge in [0.15, 0.2) is 0 Å².